The van der Waals surface area contributed by atoms with Crippen LogP contribution in [0.4, 0.5) is 0 Å². The number of aliphatic hydroxyl groups excluding tert-OH is 1. The minimum absolute atomic E-state index is 0. The Morgan fingerprint density at radius 1 is 0.950 bits per heavy atom. The third-order valence-corrected chi connectivity index (χ3v) is 8.32. The van der Waals surface area contributed by atoms with Gasteiger partial charge in [-0.2, -0.15) is 0 Å². The Kier molecular flexibility index (Phi) is 10.4. The molecular weight excluding hydrogens is 673 g/mol. The number of aryl methyl sites for hydroxylation is 1. The van der Waals surface area contributed by atoms with Gasteiger partial charge in [0.05, 0.1) is 16.8 Å². The molecule has 0 bridgehead atoms. The molecule has 1 aliphatic rings. The number of hydrogen-bond donors (Lipinski definition) is 1. The molecule has 5 heteroatoms. The molecule has 4 aromatic rings. The van der Waals surface area contributed by atoms with E-state index in [9.17, 15) is 9.90 Å². The maximum Gasteiger partial charge on any atom is 0.162 e. The zero-order valence-corrected chi connectivity index (χ0v) is 27.2. The van der Waals surface area contributed by atoms with E-state index in [0.29, 0.717) is 0 Å². The maximum atomic E-state index is 11.7. The van der Waals surface area contributed by atoms with Crippen molar-refractivity contribution < 1.29 is 30.0 Å². The fourth-order valence-corrected chi connectivity index (χ4v) is 5.72. The molecule has 1 heterocycles. The summed E-state index contributed by atoms with van der Waals surface area (Å²) in [6, 6.07) is 20.3. The molecule has 0 saturated carbocycles. The number of para-hydroxylation sites is 1. The van der Waals surface area contributed by atoms with E-state index in [4.69, 9.17) is 9.97 Å². The van der Waals surface area contributed by atoms with Crippen LogP contribution >= 0.6 is 0 Å². The largest absolute Gasteiger partial charge is 0.512 e. The first-order chi connectivity index (χ1) is 18.7. The predicted molar refractivity (Wildman–Crippen MR) is 162 cm³/mol. The fourth-order valence-electron chi connectivity index (χ4n) is 5.72. The average Bonchev–Trinajstić information content (AvgIpc) is 2.93. The second-order valence-electron chi connectivity index (χ2n) is 11.1. The summed E-state index contributed by atoms with van der Waals surface area (Å²) in [7, 11) is 0. The molecule has 0 saturated heterocycles. The molecule has 0 amide bonds. The van der Waals surface area contributed by atoms with Crippen LogP contribution in [0.25, 0.3) is 33.1 Å². The molecule has 0 unspecified atom stereocenters. The van der Waals surface area contributed by atoms with Gasteiger partial charge in [0.25, 0.3) is 0 Å². The Morgan fingerprint density at radius 3 is 2.25 bits per heavy atom. The topological polar surface area (TPSA) is 63.1 Å². The Bertz CT molecular complexity index is 1530. The van der Waals surface area contributed by atoms with Gasteiger partial charge in [0.2, 0.25) is 0 Å². The van der Waals surface area contributed by atoms with E-state index in [2.05, 4.69) is 69.3 Å². The second-order valence-corrected chi connectivity index (χ2v) is 11.1. The number of rotatable bonds is 7. The van der Waals surface area contributed by atoms with Gasteiger partial charge in [0, 0.05) is 54.8 Å². The minimum Gasteiger partial charge on any atom is -0.512 e. The van der Waals surface area contributed by atoms with Crippen LogP contribution in [0.15, 0.2) is 60.4 Å². The number of ketones is 1. The van der Waals surface area contributed by atoms with Gasteiger partial charge in [-0.1, -0.05) is 82.8 Å². The molecular formula is C35H41IrN2O2-. The number of carbonyl (C=O) groups is 1. The summed E-state index contributed by atoms with van der Waals surface area (Å²) >= 11 is 0. The maximum absolute atomic E-state index is 11.7. The molecule has 40 heavy (non-hydrogen) atoms. The molecule has 0 fully saturated rings. The summed E-state index contributed by atoms with van der Waals surface area (Å²) in [6.07, 6.45) is 4.91. The molecule has 1 radical (unpaired) electrons. The number of aliphatic hydroxyl groups is 1. The number of hydrogen-bond acceptors (Lipinski definition) is 4. The molecule has 5 rings (SSSR count). The quantitative estimate of drug-likeness (QED) is 0.118. The van der Waals surface area contributed by atoms with Gasteiger partial charge in [0.15, 0.2) is 5.78 Å². The average molecular weight is 714 g/mol. The zero-order valence-electron chi connectivity index (χ0n) is 24.8. The van der Waals surface area contributed by atoms with Crippen molar-refractivity contribution in [2.75, 3.05) is 0 Å². The first-order valence-corrected chi connectivity index (χ1v) is 14.3. The number of allylic oxidation sites excluding steroid dienone is 2. The molecule has 0 atom stereocenters. The molecule has 0 spiro atoms. The number of aromatic nitrogens is 2. The van der Waals surface area contributed by atoms with E-state index in [0.717, 1.165) is 59.2 Å². The standard InChI is InChI=1S/C22H17N2.C13H24O2.Ir/c1-13-7-4-12-17-19(13)24-20-15-10-5-8-14-9-6-11-16(18(14)15)22(2,3)21(20)23-17;1-5-10(6-2)12(14)9-13(15)11(7-3)8-4;/h4-9,11-12H,1-3H3;9-11,14H,5-8H2,1-4H3;/q-1;;/b;12-9-;. The Labute approximate surface area is 252 Å². The molecule has 213 valence electrons. The van der Waals surface area contributed by atoms with Gasteiger partial charge in [-0.15, -0.1) is 29.1 Å². The summed E-state index contributed by atoms with van der Waals surface area (Å²) in [6.45, 7) is 14.6. The van der Waals surface area contributed by atoms with Crippen molar-refractivity contribution in [2.24, 2.45) is 11.8 Å². The third kappa shape index (κ3) is 5.92. The van der Waals surface area contributed by atoms with E-state index < -0.39 is 0 Å². The van der Waals surface area contributed by atoms with E-state index >= 15 is 0 Å². The normalized spacial score (nSPS) is 13.6. The summed E-state index contributed by atoms with van der Waals surface area (Å²) < 4.78 is 0. The minimum atomic E-state index is -0.179. The number of nitrogens with zero attached hydrogens (tertiary/aromatic N) is 2. The van der Waals surface area contributed by atoms with Crippen LogP contribution in [0.2, 0.25) is 0 Å². The van der Waals surface area contributed by atoms with Gasteiger partial charge in [-0.3, -0.25) is 14.8 Å². The first kappa shape index (κ1) is 31.6. The summed E-state index contributed by atoms with van der Waals surface area (Å²) in [5.74, 6) is 0.547. The summed E-state index contributed by atoms with van der Waals surface area (Å²) in [5, 5.41) is 12.3. The van der Waals surface area contributed by atoms with E-state index in [1.165, 1.54) is 22.4 Å². The smallest absolute Gasteiger partial charge is 0.162 e. The zero-order chi connectivity index (χ0) is 28.3. The van der Waals surface area contributed by atoms with Crippen molar-refractivity contribution >= 4 is 27.6 Å². The summed E-state index contributed by atoms with van der Waals surface area (Å²) in [5.41, 5.74) is 7.34. The molecule has 1 N–H and O–H groups in total. The van der Waals surface area contributed by atoms with Crippen molar-refractivity contribution in [1.82, 2.24) is 9.97 Å². The fraction of sp³-hybridized carbons (Fsp3) is 0.400. The van der Waals surface area contributed by atoms with Crippen LogP contribution in [0.3, 0.4) is 0 Å². The van der Waals surface area contributed by atoms with Gasteiger partial charge in [0.1, 0.15) is 0 Å². The number of carbonyl (C=O) groups excluding carboxylic acids is 1. The van der Waals surface area contributed by atoms with Gasteiger partial charge in [-0.25, -0.2) is 0 Å². The van der Waals surface area contributed by atoms with Crippen LogP contribution in [0.5, 0.6) is 0 Å². The van der Waals surface area contributed by atoms with Crippen LogP contribution in [-0.4, -0.2) is 20.9 Å². The van der Waals surface area contributed by atoms with E-state index in [-0.39, 0.29) is 48.9 Å². The first-order valence-electron chi connectivity index (χ1n) is 14.3. The van der Waals surface area contributed by atoms with Crippen LogP contribution in [0.1, 0.15) is 84.0 Å². The molecule has 4 nitrogen and oxygen atoms in total. The summed E-state index contributed by atoms with van der Waals surface area (Å²) in [4.78, 5) is 21.8. The Morgan fingerprint density at radius 2 is 1.60 bits per heavy atom. The molecule has 1 aliphatic carbocycles. The molecule has 3 aromatic carbocycles. The Hall–Kier alpha value is -2.88. The van der Waals surface area contributed by atoms with Crippen molar-refractivity contribution in [3.8, 4) is 11.3 Å². The van der Waals surface area contributed by atoms with E-state index in [1.54, 1.807) is 0 Å². The van der Waals surface area contributed by atoms with Crippen molar-refractivity contribution in [3.05, 3.63) is 83.3 Å². The van der Waals surface area contributed by atoms with Crippen LogP contribution in [-0.2, 0) is 30.3 Å². The SMILES string of the molecule is CCC(CC)C(=O)/C=C(\O)C(CC)CC.Cc1cccc2nc3c(nc12)-c1[c-]ccc2cccc(c12)C3(C)C.[Ir]. The predicted octanol–water partition coefficient (Wildman–Crippen LogP) is 9.07. The van der Waals surface area contributed by atoms with Crippen molar-refractivity contribution in [3.63, 3.8) is 0 Å². The Balaban J connectivity index is 0.000000243. The van der Waals surface area contributed by atoms with Crippen molar-refractivity contribution in [2.45, 2.75) is 79.6 Å². The van der Waals surface area contributed by atoms with E-state index in [1.807, 2.05) is 33.8 Å². The number of fused-ring (bicyclic) bond motifs is 3. The number of benzene rings is 3. The van der Waals surface area contributed by atoms with Gasteiger partial charge < -0.3 is 5.11 Å². The van der Waals surface area contributed by atoms with Crippen molar-refractivity contribution in [1.29, 1.82) is 0 Å². The van der Waals surface area contributed by atoms with Gasteiger partial charge >= 0.3 is 0 Å². The monoisotopic (exact) mass is 714 g/mol. The second kappa shape index (κ2) is 13.2. The molecule has 0 aliphatic heterocycles. The third-order valence-electron chi connectivity index (χ3n) is 8.32. The van der Waals surface area contributed by atoms with Crippen LogP contribution in [0, 0.1) is 24.8 Å². The van der Waals surface area contributed by atoms with Crippen LogP contribution < -0.4 is 0 Å². The molecule has 1 aromatic heterocycles. The van der Waals surface area contributed by atoms with Gasteiger partial charge in [-0.05, 0) is 44.2 Å².